The van der Waals surface area contributed by atoms with Crippen molar-refractivity contribution in [3.05, 3.63) is 47.3 Å². The Labute approximate surface area is 195 Å². The lowest BCUT2D eigenvalue weighted by molar-refractivity contribution is -0.274. The number of hydrogen-bond donors (Lipinski definition) is 1. The first-order valence-corrected chi connectivity index (χ1v) is 11.2. The number of halogens is 3. The van der Waals surface area contributed by atoms with Gasteiger partial charge in [0.05, 0.1) is 12.2 Å². The lowest BCUT2D eigenvalue weighted by Gasteiger charge is -2.26. The lowest BCUT2D eigenvalue weighted by Crippen LogP contribution is -2.42. The highest BCUT2D eigenvalue weighted by Crippen LogP contribution is 2.42. The Morgan fingerprint density at radius 2 is 1.76 bits per heavy atom. The van der Waals surface area contributed by atoms with Gasteiger partial charge >= 0.3 is 6.36 Å². The highest BCUT2D eigenvalue weighted by Gasteiger charge is 2.32. The fourth-order valence-corrected chi connectivity index (χ4v) is 3.90. The van der Waals surface area contributed by atoms with Crippen molar-refractivity contribution in [2.45, 2.75) is 51.4 Å². The van der Waals surface area contributed by atoms with Crippen molar-refractivity contribution >= 4 is 17.8 Å². The van der Waals surface area contributed by atoms with E-state index in [4.69, 9.17) is 0 Å². The number of nitrogens with one attached hydrogen (secondary N) is 1. The molecule has 0 unspecified atom stereocenters. The van der Waals surface area contributed by atoms with Crippen LogP contribution >= 0.6 is 0 Å². The molecule has 11 heteroatoms. The summed E-state index contributed by atoms with van der Waals surface area (Å²) >= 11 is 0. The molecule has 8 nitrogen and oxygen atoms in total. The standard InChI is InChI=1S/C23H26F3N5O3/c1-15(32)30-6-2-3-7-31(14-30)21(33)19-12-28-22(29-13-19)27-11-16-8-18(17-4-5-17)10-20(9-16)34-23(24,25)26/h8-10,12-13,17H,2-7,11,14H2,1H3,(H,27,28,29). The average molecular weight is 477 g/mol. The third-order valence-corrected chi connectivity index (χ3v) is 5.80. The number of rotatable bonds is 6. The quantitative estimate of drug-likeness (QED) is 0.679. The molecule has 0 bridgehead atoms. The number of hydrogen-bond acceptors (Lipinski definition) is 6. The molecule has 1 N–H and O–H groups in total. The first kappa shape index (κ1) is 23.8. The Balaban J connectivity index is 1.40. The van der Waals surface area contributed by atoms with Crippen molar-refractivity contribution in [1.82, 2.24) is 19.8 Å². The largest absolute Gasteiger partial charge is 0.573 e. The molecule has 0 radical (unpaired) electrons. The van der Waals surface area contributed by atoms with Crippen LogP contribution in [0.2, 0.25) is 0 Å². The highest BCUT2D eigenvalue weighted by atomic mass is 19.4. The second-order valence-corrected chi connectivity index (χ2v) is 8.58. The molecule has 1 aliphatic heterocycles. The van der Waals surface area contributed by atoms with Crippen molar-refractivity contribution in [2.24, 2.45) is 0 Å². The van der Waals surface area contributed by atoms with Crippen LogP contribution in [0.1, 0.15) is 60.0 Å². The van der Waals surface area contributed by atoms with Crippen LogP contribution in [0.15, 0.2) is 30.6 Å². The van der Waals surface area contributed by atoms with E-state index in [9.17, 15) is 22.8 Å². The van der Waals surface area contributed by atoms with Crippen LogP contribution in [0.25, 0.3) is 0 Å². The zero-order valence-corrected chi connectivity index (χ0v) is 18.8. The normalized spacial score (nSPS) is 16.7. The predicted octanol–water partition coefficient (Wildman–Crippen LogP) is 3.91. The summed E-state index contributed by atoms with van der Waals surface area (Å²) in [4.78, 5) is 36.2. The summed E-state index contributed by atoms with van der Waals surface area (Å²) in [5.74, 6) is -0.0775. The zero-order chi connectivity index (χ0) is 24.3. The molecule has 2 amide bonds. The summed E-state index contributed by atoms with van der Waals surface area (Å²) in [7, 11) is 0. The molecule has 1 aliphatic carbocycles. The maximum atomic E-state index is 12.9. The van der Waals surface area contributed by atoms with Gasteiger partial charge < -0.3 is 19.9 Å². The van der Waals surface area contributed by atoms with Gasteiger partial charge in [0.15, 0.2) is 0 Å². The molecule has 2 aliphatic rings. The zero-order valence-electron chi connectivity index (χ0n) is 18.8. The molecule has 0 spiro atoms. The Kier molecular flexibility index (Phi) is 6.90. The predicted molar refractivity (Wildman–Crippen MR) is 117 cm³/mol. The van der Waals surface area contributed by atoms with Crippen LogP contribution in [-0.2, 0) is 11.3 Å². The van der Waals surface area contributed by atoms with E-state index in [1.165, 1.54) is 31.5 Å². The van der Waals surface area contributed by atoms with Crippen LogP contribution in [0.3, 0.4) is 0 Å². The Morgan fingerprint density at radius 3 is 2.38 bits per heavy atom. The van der Waals surface area contributed by atoms with Gasteiger partial charge in [-0.3, -0.25) is 9.59 Å². The Hall–Kier alpha value is -3.37. The second-order valence-electron chi connectivity index (χ2n) is 8.58. The fourth-order valence-electron chi connectivity index (χ4n) is 3.90. The van der Waals surface area contributed by atoms with Gasteiger partial charge in [-0.25, -0.2) is 9.97 Å². The summed E-state index contributed by atoms with van der Waals surface area (Å²) in [5, 5.41) is 2.98. The lowest BCUT2D eigenvalue weighted by atomic mass is 10.1. The van der Waals surface area contributed by atoms with Gasteiger partial charge in [0.25, 0.3) is 5.91 Å². The molecule has 1 aromatic carbocycles. The summed E-state index contributed by atoms with van der Waals surface area (Å²) in [6, 6.07) is 4.62. The van der Waals surface area contributed by atoms with Gasteiger partial charge in [-0.15, -0.1) is 13.2 Å². The number of aromatic nitrogens is 2. The number of carbonyl (C=O) groups is 2. The number of amides is 2. The smallest absolute Gasteiger partial charge is 0.406 e. The maximum absolute atomic E-state index is 12.9. The number of anilines is 1. The first-order valence-electron chi connectivity index (χ1n) is 11.2. The van der Waals surface area contributed by atoms with E-state index >= 15 is 0 Å². The van der Waals surface area contributed by atoms with Gasteiger partial charge in [0.1, 0.15) is 5.75 Å². The molecule has 34 heavy (non-hydrogen) atoms. The van der Waals surface area contributed by atoms with E-state index in [0.717, 1.165) is 31.2 Å². The van der Waals surface area contributed by atoms with E-state index < -0.39 is 6.36 Å². The Bertz CT molecular complexity index is 1040. The number of nitrogens with zero attached hydrogens (tertiary/aromatic N) is 4. The molecule has 1 saturated carbocycles. The van der Waals surface area contributed by atoms with Crippen molar-refractivity contribution in [3.63, 3.8) is 0 Å². The number of alkyl halides is 3. The highest BCUT2D eigenvalue weighted by molar-refractivity contribution is 5.94. The van der Waals surface area contributed by atoms with Gasteiger partial charge in [-0.1, -0.05) is 6.07 Å². The molecule has 2 aromatic rings. The van der Waals surface area contributed by atoms with Gasteiger partial charge in [-0.2, -0.15) is 0 Å². The Morgan fingerprint density at radius 1 is 1.09 bits per heavy atom. The van der Waals surface area contributed by atoms with Gasteiger partial charge in [0.2, 0.25) is 11.9 Å². The SMILES string of the molecule is CC(=O)N1CCCCN(C(=O)c2cnc(NCc3cc(OC(F)(F)F)cc(C4CC4)c3)nc2)C1. The van der Waals surface area contributed by atoms with Crippen LogP contribution in [0, 0.1) is 0 Å². The van der Waals surface area contributed by atoms with Gasteiger partial charge in [-0.05, 0) is 54.9 Å². The number of benzene rings is 1. The van der Waals surface area contributed by atoms with Crippen LogP contribution in [0.4, 0.5) is 19.1 Å². The van der Waals surface area contributed by atoms with E-state index in [1.54, 1.807) is 9.80 Å². The summed E-state index contributed by atoms with van der Waals surface area (Å²) in [6.07, 6.45) is 1.58. The van der Waals surface area contributed by atoms with E-state index in [2.05, 4.69) is 20.0 Å². The van der Waals surface area contributed by atoms with Crippen LogP contribution in [0.5, 0.6) is 5.75 Å². The molecule has 2 heterocycles. The number of ether oxygens (including phenoxy) is 1. The average Bonchev–Trinajstić information content (AvgIpc) is 3.63. The monoisotopic (exact) mass is 477 g/mol. The summed E-state index contributed by atoms with van der Waals surface area (Å²) in [5.41, 5.74) is 1.73. The van der Waals surface area contributed by atoms with Crippen LogP contribution < -0.4 is 10.1 Å². The molecule has 182 valence electrons. The summed E-state index contributed by atoms with van der Waals surface area (Å²) in [6.45, 7) is 3.07. The molecular weight excluding hydrogens is 451 g/mol. The maximum Gasteiger partial charge on any atom is 0.573 e. The minimum Gasteiger partial charge on any atom is -0.406 e. The second kappa shape index (κ2) is 9.86. The van der Waals surface area contributed by atoms with Crippen molar-refractivity contribution in [1.29, 1.82) is 0 Å². The molecular formula is C23H26F3N5O3. The third-order valence-electron chi connectivity index (χ3n) is 5.80. The minimum absolute atomic E-state index is 0.0787. The number of carbonyl (C=O) groups excluding carboxylic acids is 2. The minimum atomic E-state index is -4.76. The topological polar surface area (TPSA) is 87.7 Å². The molecule has 2 fully saturated rings. The van der Waals surface area contributed by atoms with Gasteiger partial charge in [0, 0.05) is 39.0 Å². The molecule has 1 aromatic heterocycles. The van der Waals surface area contributed by atoms with Crippen LogP contribution in [-0.4, -0.2) is 57.7 Å². The molecule has 0 atom stereocenters. The molecule has 4 rings (SSSR count). The fraction of sp³-hybridized carbons (Fsp3) is 0.478. The van der Waals surface area contributed by atoms with Crippen molar-refractivity contribution < 1.29 is 27.5 Å². The van der Waals surface area contributed by atoms with E-state index in [1.807, 2.05) is 6.07 Å². The summed E-state index contributed by atoms with van der Waals surface area (Å²) < 4.78 is 42.2. The van der Waals surface area contributed by atoms with E-state index in [-0.39, 0.29) is 42.6 Å². The molecule has 1 saturated heterocycles. The van der Waals surface area contributed by atoms with E-state index in [0.29, 0.717) is 24.2 Å². The van der Waals surface area contributed by atoms with Crippen molar-refractivity contribution in [3.8, 4) is 5.75 Å². The van der Waals surface area contributed by atoms with Crippen molar-refractivity contribution in [2.75, 3.05) is 25.1 Å². The first-order chi connectivity index (χ1) is 16.2. The third kappa shape index (κ3) is 6.36.